The van der Waals surface area contributed by atoms with Gasteiger partial charge in [-0.3, -0.25) is 4.79 Å². The summed E-state index contributed by atoms with van der Waals surface area (Å²) in [6.45, 7) is -0.702. The lowest BCUT2D eigenvalue weighted by Crippen LogP contribution is -2.31. The molecule has 0 saturated carbocycles. The van der Waals surface area contributed by atoms with Gasteiger partial charge in [-0.1, -0.05) is 36.4 Å². The quantitative estimate of drug-likeness (QED) is 0.334. The number of alkyl halides is 3. The second-order valence-electron chi connectivity index (χ2n) is 6.49. The summed E-state index contributed by atoms with van der Waals surface area (Å²) in [4.78, 5) is 24.9. The molecule has 160 valence electrons. The molecule has 31 heavy (non-hydrogen) atoms. The molecule has 0 atom stereocenters. The molecule has 0 unspecified atom stereocenters. The molecule has 0 aliphatic rings. The molecule has 6 nitrogen and oxygen atoms in total. The Morgan fingerprint density at radius 3 is 2.45 bits per heavy atom. The maximum atomic E-state index is 13.1. The van der Waals surface area contributed by atoms with Crippen molar-refractivity contribution in [2.45, 2.75) is 6.18 Å². The van der Waals surface area contributed by atoms with Crippen molar-refractivity contribution in [2.24, 2.45) is 12.1 Å². The number of benzene rings is 2. The summed E-state index contributed by atoms with van der Waals surface area (Å²) in [5.41, 5.74) is -0.181. The van der Waals surface area contributed by atoms with E-state index in [1.165, 1.54) is 29.0 Å². The summed E-state index contributed by atoms with van der Waals surface area (Å²) in [5.74, 6) is -1.55. The predicted molar refractivity (Wildman–Crippen MR) is 109 cm³/mol. The maximum Gasteiger partial charge on any atom is 0.416 e. The third-order valence-corrected chi connectivity index (χ3v) is 4.26. The molecule has 0 radical (unpaired) electrons. The van der Waals surface area contributed by atoms with Crippen molar-refractivity contribution < 1.29 is 27.5 Å². The number of aryl methyl sites for hydroxylation is 1. The van der Waals surface area contributed by atoms with Crippen molar-refractivity contribution in [3.8, 4) is 0 Å². The van der Waals surface area contributed by atoms with Gasteiger partial charge in [0.05, 0.1) is 17.5 Å². The molecule has 0 fully saturated rings. The van der Waals surface area contributed by atoms with E-state index >= 15 is 0 Å². The largest absolute Gasteiger partial charge is 0.451 e. The van der Waals surface area contributed by atoms with E-state index in [9.17, 15) is 22.8 Å². The number of aromatic nitrogens is 1. The number of hydrogen-bond donors (Lipinski definition) is 0. The van der Waals surface area contributed by atoms with Crippen LogP contribution in [0.2, 0.25) is 0 Å². The van der Waals surface area contributed by atoms with E-state index in [0.29, 0.717) is 5.56 Å². The average molecular weight is 429 g/mol. The van der Waals surface area contributed by atoms with Gasteiger partial charge in [0.2, 0.25) is 0 Å². The molecule has 0 N–H and O–H groups in total. The number of ether oxygens (including phenoxy) is 1. The topological polar surface area (TPSA) is 63.9 Å². The van der Waals surface area contributed by atoms with E-state index in [1.54, 1.807) is 49.6 Å². The fourth-order valence-electron chi connectivity index (χ4n) is 2.69. The van der Waals surface area contributed by atoms with Crippen LogP contribution in [0.5, 0.6) is 0 Å². The highest BCUT2D eigenvalue weighted by Gasteiger charge is 2.31. The Balaban J connectivity index is 1.85. The fourth-order valence-corrected chi connectivity index (χ4v) is 2.69. The summed E-state index contributed by atoms with van der Waals surface area (Å²) < 4.78 is 45.9. The van der Waals surface area contributed by atoms with E-state index in [2.05, 4.69) is 5.10 Å². The Kier molecular flexibility index (Phi) is 6.54. The number of hydrazone groups is 1. The molecule has 0 aliphatic carbocycles. The van der Waals surface area contributed by atoms with Gasteiger partial charge in [-0.15, -0.1) is 0 Å². The minimum absolute atomic E-state index is 0.109. The number of anilines is 1. The molecular weight excluding hydrogens is 411 g/mol. The molecular formula is C22H18F3N3O3. The van der Waals surface area contributed by atoms with Crippen molar-refractivity contribution in [2.75, 3.05) is 11.6 Å². The molecule has 3 aromatic rings. The molecule has 1 amide bonds. The van der Waals surface area contributed by atoms with Gasteiger partial charge in [0.1, 0.15) is 5.69 Å². The zero-order valence-electron chi connectivity index (χ0n) is 16.4. The van der Waals surface area contributed by atoms with Crippen LogP contribution in [0.15, 0.2) is 78.0 Å². The molecule has 3 rings (SSSR count). The highest BCUT2D eigenvalue weighted by atomic mass is 19.4. The van der Waals surface area contributed by atoms with E-state index in [0.717, 1.165) is 17.1 Å². The van der Waals surface area contributed by atoms with Crippen molar-refractivity contribution in [1.82, 2.24) is 4.57 Å². The lowest BCUT2D eigenvalue weighted by atomic mass is 10.2. The van der Waals surface area contributed by atoms with Crippen LogP contribution >= 0.6 is 0 Å². The van der Waals surface area contributed by atoms with Crippen LogP contribution in [-0.2, 0) is 22.8 Å². The molecule has 0 saturated heterocycles. The van der Waals surface area contributed by atoms with Gasteiger partial charge < -0.3 is 9.30 Å². The Morgan fingerprint density at radius 2 is 1.81 bits per heavy atom. The van der Waals surface area contributed by atoms with E-state index in [-0.39, 0.29) is 11.4 Å². The number of hydrogen-bond acceptors (Lipinski definition) is 4. The number of halogens is 3. The first-order valence-electron chi connectivity index (χ1n) is 9.13. The van der Waals surface area contributed by atoms with Crippen LogP contribution in [0.1, 0.15) is 21.6 Å². The standard InChI is InChI=1S/C22H18F3N3O3/c1-27-12-6-11-19(27)21(30)31-15-20(29)28(26-14-16-7-3-2-4-8-16)18-10-5-9-17(13-18)22(23,24)25/h2-14H,15H2,1H3. The van der Waals surface area contributed by atoms with Gasteiger partial charge in [-0.2, -0.15) is 23.3 Å². The van der Waals surface area contributed by atoms with Crippen LogP contribution in [-0.4, -0.2) is 29.3 Å². The minimum Gasteiger partial charge on any atom is -0.451 e. The molecule has 0 bridgehead atoms. The van der Waals surface area contributed by atoms with Gasteiger partial charge >= 0.3 is 12.1 Å². The summed E-state index contributed by atoms with van der Waals surface area (Å²) >= 11 is 0. The van der Waals surface area contributed by atoms with Crippen LogP contribution < -0.4 is 5.01 Å². The molecule has 0 aliphatic heterocycles. The Bertz CT molecular complexity index is 1090. The number of nitrogens with zero attached hydrogens (tertiary/aromatic N) is 3. The SMILES string of the molecule is Cn1cccc1C(=O)OCC(=O)N(N=Cc1ccccc1)c1cccc(C(F)(F)F)c1. The van der Waals surface area contributed by atoms with Crippen LogP contribution in [0, 0.1) is 0 Å². The third kappa shape index (κ3) is 5.59. The van der Waals surface area contributed by atoms with Crippen molar-refractivity contribution in [3.05, 3.63) is 89.7 Å². The Morgan fingerprint density at radius 1 is 1.06 bits per heavy atom. The van der Waals surface area contributed by atoms with Gasteiger partial charge in [-0.05, 0) is 35.9 Å². The second kappa shape index (κ2) is 9.29. The zero-order chi connectivity index (χ0) is 22.4. The maximum absolute atomic E-state index is 13.1. The van der Waals surface area contributed by atoms with Crippen molar-refractivity contribution in [3.63, 3.8) is 0 Å². The Labute approximate surface area is 176 Å². The molecule has 0 spiro atoms. The number of esters is 1. The summed E-state index contributed by atoms with van der Waals surface area (Å²) in [7, 11) is 1.64. The van der Waals surface area contributed by atoms with Crippen LogP contribution in [0.25, 0.3) is 0 Å². The number of rotatable bonds is 6. The van der Waals surface area contributed by atoms with Gasteiger partial charge in [0.15, 0.2) is 6.61 Å². The summed E-state index contributed by atoms with van der Waals surface area (Å²) in [6.07, 6.45) is -1.62. The van der Waals surface area contributed by atoms with E-state index in [1.807, 2.05) is 0 Å². The predicted octanol–water partition coefficient (Wildman–Crippen LogP) is 4.27. The van der Waals surface area contributed by atoms with Gasteiger partial charge in [0.25, 0.3) is 5.91 Å². The van der Waals surface area contributed by atoms with Gasteiger partial charge in [0, 0.05) is 13.2 Å². The summed E-state index contributed by atoms with van der Waals surface area (Å²) in [5, 5.41) is 4.82. The Hall–Kier alpha value is -3.88. The van der Waals surface area contributed by atoms with Crippen molar-refractivity contribution in [1.29, 1.82) is 0 Å². The van der Waals surface area contributed by atoms with Gasteiger partial charge in [-0.25, -0.2) is 4.79 Å². The molecule has 9 heteroatoms. The zero-order valence-corrected chi connectivity index (χ0v) is 16.4. The molecule has 1 heterocycles. The highest BCUT2D eigenvalue weighted by Crippen LogP contribution is 2.31. The lowest BCUT2D eigenvalue weighted by molar-refractivity contribution is -0.137. The van der Waals surface area contributed by atoms with Crippen LogP contribution in [0.3, 0.4) is 0 Å². The minimum atomic E-state index is -4.59. The first-order valence-corrected chi connectivity index (χ1v) is 9.13. The number of carbonyl (C=O) groups is 2. The number of amides is 1. The third-order valence-electron chi connectivity index (χ3n) is 4.26. The monoisotopic (exact) mass is 429 g/mol. The lowest BCUT2D eigenvalue weighted by Gasteiger charge is -2.18. The van der Waals surface area contributed by atoms with E-state index in [4.69, 9.17) is 4.74 Å². The normalized spacial score (nSPS) is 11.5. The van der Waals surface area contributed by atoms with Crippen LogP contribution in [0.4, 0.5) is 18.9 Å². The first kappa shape index (κ1) is 21.8. The second-order valence-corrected chi connectivity index (χ2v) is 6.49. The highest BCUT2D eigenvalue weighted by molar-refractivity contribution is 5.98. The van der Waals surface area contributed by atoms with Crippen molar-refractivity contribution >= 4 is 23.8 Å². The molecule has 1 aromatic heterocycles. The van der Waals surface area contributed by atoms with E-state index < -0.39 is 30.2 Å². The summed E-state index contributed by atoms with van der Waals surface area (Å²) in [6, 6.07) is 16.1. The first-order chi connectivity index (χ1) is 14.8. The molecule has 2 aromatic carbocycles. The average Bonchev–Trinajstić information content (AvgIpc) is 3.18. The smallest absolute Gasteiger partial charge is 0.416 e. The number of carbonyl (C=O) groups excluding carboxylic acids is 2. The fraction of sp³-hybridized carbons (Fsp3) is 0.136.